The van der Waals surface area contributed by atoms with Crippen molar-refractivity contribution < 1.29 is 27.8 Å². The zero-order chi connectivity index (χ0) is 18.6. The molecule has 1 aromatic heterocycles. The van der Waals surface area contributed by atoms with Crippen molar-refractivity contribution in [2.75, 3.05) is 11.9 Å². The van der Waals surface area contributed by atoms with Gasteiger partial charge in [-0.2, -0.15) is 13.9 Å². The Labute approximate surface area is 142 Å². The van der Waals surface area contributed by atoms with E-state index in [0.717, 1.165) is 0 Å². The van der Waals surface area contributed by atoms with Crippen molar-refractivity contribution in [3.8, 4) is 5.75 Å². The highest BCUT2D eigenvalue weighted by atomic mass is 19.3. The number of aryl methyl sites for hydroxylation is 2. The predicted octanol–water partition coefficient (Wildman–Crippen LogP) is 2.76. The fourth-order valence-corrected chi connectivity index (χ4v) is 2.11. The summed E-state index contributed by atoms with van der Waals surface area (Å²) in [6, 6.07) is 5.46. The van der Waals surface area contributed by atoms with E-state index in [2.05, 4.69) is 15.2 Å². The minimum atomic E-state index is -2.92. The van der Waals surface area contributed by atoms with Crippen LogP contribution >= 0.6 is 0 Å². The van der Waals surface area contributed by atoms with Crippen molar-refractivity contribution >= 4 is 17.6 Å². The van der Waals surface area contributed by atoms with E-state index in [1.807, 2.05) is 0 Å². The molecule has 0 radical (unpaired) electrons. The molecule has 1 heterocycles. The molecule has 9 heteroatoms. The molecular weight excluding hydrogens is 336 g/mol. The number of benzene rings is 1. The molecule has 25 heavy (non-hydrogen) atoms. The molecule has 7 nitrogen and oxygen atoms in total. The van der Waals surface area contributed by atoms with Crippen molar-refractivity contribution in [2.24, 2.45) is 7.05 Å². The lowest BCUT2D eigenvalue weighted by Gasteiger charge is -2.10. The number of hydrogen-bond donors (Lipinski definition) is 1. The third-order valence-corrected chi connectivity index (χ3v) is 3.27. The molecule has 0 bridgehead atoms. The molecular formula is C16H17F2N3O4. The molecule has 0 atom stereocenters. The lowest BCUT2D eigenvalue weighted by molar-refractivity contribution is -0.0498. The lowest BCUT2D eigenvalue weighted by atomic mass is 10.2. The first-order valence-electron chi connectivity index (χ1n) is 7.39. The molecule has 0 saturated carbocycles. The number of amides is 1. The van der Waals surface area contributed by atoms with Crippen molar-refractivity contribution in [3.05, 3.63) is 41.2 Å². The molecule has 2 aromatic rings. The van der Waals surface area contributed by atoms with E-state index < -0.39 is 18.5 Å². The van der Waals surface area contributed by atoms with Gasteiger partial charge in [-0.15, -0.1) is 0 Å². The Hall–Kier alpha value is -2.97. The van der Waals surface area contributed by atoms with Gasteiger partial charge in [0.2, 0.25) is 0 Å². The largest absolute Gasteiger partial charge is 0.461 e. The van der Waals surface area contributed by atoms with Crippen LogP contribution in [-0.4, -0.2) is 34.9 Å². The van der Waals surface area contributed by atoms with Gasteiger partial charge in [0.1, 0.15) is 11.4 Å². The molecule has 0 spiro atoms. The van der Waals surface area contributed by atoms with Crippen LogP contribution in [0.25, 0.3) is 0 Å². The Morgan fingerprint density at radius 2 is 2.04 bits per heavy atom. The molecule has 0 aliphatic rings. The Morgan fingerprint density at radius 1 is 1.32 bits per heavy atom. The summed E-state index contributed by atoms with van der Waals surface area (Å²) in [6.45, 7) is 0.593. The van der Waals surface area contributed by atoms with E-state index in [1.165, 1.54) is 36.0 Å². The van der Waals surface area contributed by atoms with Gasteiger partial charge >= 0.3 is 12.6 Å². The summed E-state index contributed by atoms with van der Waals surface area (Å²) in [5.74, 6) is -1.13. The maximum atomic E-state index is 12.3. The first kappa shape index (κ1) is 18.4. The molecule has 0 saturated heterocycles. The number of carbonyl (C=O) groups is 2. The van der Waals surface area contributed by atoms with Crippen LogP contribution in [0.2, 0.25) is 0 Å². The van der Waals surface area contributed by atoms with Crippen molar-refractivity contribution in [1.82, 2.24) is 9.78 Å². The Morgan fingerprint density at radius 3 is 2.64 bits per heavy atom. The second kappa shape index (κ2) is 7.73. The van der Waals surface area contributed by atoms with E-state index in [1.54, 1.807) is 13.8 Å². The van der Waals surface area contributed by atoms with Crippen LogP contribution in [0.5, 0.6) is 5.75 Å². The number of nitrogens with one attached hydrogen (secondary N) is 1. The van der Waals surface area contributed by atoms with Crippen LogP contribution in [0.3, 0.4) is 0 Å². The number of halogens is 2. The molecule has 2 rings (SSSR count). The van der Waals surface area contributed by atoms with E-state index in [0.29, 0.717) is 11.3 Å². The summed E-state index contributed by atoms with van der Waals surface area (Å²) in [6.07, 6.45) is 0. The topological polar surface area (TPSA) is 82.5 Å². The van der Waals surface area contributed by atoms with E-state index in [-0.39, 0.29) is 23.7 Å². The number of ether oxygens (including phenoxy) is 2. The highest BCUT2D eigenvalue weighted by Crippen LogP contribution is 2.23. The van der Waals surface area contributed by atoms with Gasteiger partial charge in [-0.25, -0.2) is 4.79 Å². The third kappa shape index (κ3) is 4.52. The average Bonchev–Trinajstić information content (AvgIpc) is 2.92. The Kier molecular flexibility index (Phi) is 5.68. The molecule has 134 valence electrons. The molecule has 1 N–H and O–H groups in total. The number of rotatable bonds is 6. The number of esters is 1. The first-order valence-corrected chi connectivity index (χ1v) is 7.39. The molecule has 0 aliphatic carbocycles. The summed E-state index contributed by atoms with van der Waals surface area (Å²) in [4.78, 5) is 24.0. The van der Waals surface area contributed by atoms with E-state index in [9.17, 15) is 18.4 Å². The van der Waals surface area contributed by atoms with Crippen LogP contribution in [0.15, 0.2) is 24.3 Å². The Balaban J connectivity index is 2.15. The van der Waals surface area contributed by atoms with Gasteiger partial charge in [0.25, 0.3) is 5.91 Å². The van der Waals surface area contributed by atoms with Gasteiger partial charge in [0, 0.05) is 18.8 Å². The lowest BCUT2D eigenvalue weighted by Crippen LogP contribution is -2.14. The van der Waals surface area contributed by atoms with Gasteiger partial charge in [0.05, 0.1) is 6.61 Å². The summed E-state index contributed by atoms with van der Waals surface area (Å²) in [5, 5.41) is 6.59. The minimum Gasteiger partial charge on any atom is -0.461 e. The van der Waals surface area contributed by atoms with Crippen LogP contribution in [-0.2, 0) is 11.8 Å². The molecule has 0 fully saturated rings. The van der Waals surface area contributed by atoms with Crippen molar-refractivity contribution in [3.63, 3.8) is 0 Å². The average molecular weight is 353 g/mol. The second-order valence-corrected chi connectivity index (χ2v) is 5.07. The van der Waals surface area contributed by atoms with Gasteiger partial charge in [0.15, 0.2) is 5.69 Å². The zero-order valence-electron chi connectivity index (χ0n) is 13.9. The number of nitrogens with zero attached hydrogens (tertiary/aromatic N) is 2. The summed E-state index contributed by atoms with van der Waals surface area (Å²) in [7, 11) is 1.52. The SMILES string of the molecule is CCOC(=O)c1cc(C(=O)Nc2ccc(OC(F)F)cc2C)nn1C. The standard InChI is InChI=1S/C16H17F2N3O4/c1-4-24-15(23)13-8-12(20-21(13)3)14(22)19-11-6-5-10(7-9(11)2)25-16(17)18/h5-8,16H,4H2,1-3H3,(H,19,22). The fraction of sp³-hybridized carbons (Fsp3) is 0.312. The summed E-state index contributed by atoms with van der Waals surface area (Å²) >= 11 is 0. The Bertz CT molecular complexity index is 790. The minimum absolute atomic E-state index is 0.00654. The van der Waals surface area contributed by atoms with Crippen LogP contribution < -0.4 is 10.1 Å². The molecule has 0 unspecified atom stereocenters. The highest BCUT2D eigenvalue weighted by Gasteiger charge is 2.19. The van der Waals surface area contributed by atoms with Gasteiger partial charge in [-0.1, -0.05) is 0 Å². The third-order valence-electron chi connectivity index (χ3n) is 3.27. The van der Waals surface area contributed by atoms with Crippen molar-refractivity contribution in [2.45, 2.75) is 20.5 Å². The fourth-order valence-electron chi connectivity index (χ4n) is 2.11. The second-order valence-electron chi connectivity index (χ2n) is 5.07. The number of anilines is 1. The monoisotopic (exact) mass is 353 g/mol. The molecule has 1 aromatic carbocycles. The molecule has 0 aliphatic heterocycles. The van der Waals surface area contributed by atoms with E-state index in [4.69, 9.17) is 4.74 Å². The number of alkyl halides is 2. The van der Waals surface area contributed by atoms with E-state index >= 15 is 0 Å². The normalized spacial score (nSPS) is 10.6. The molecule has 1 amide bonds. The maximum Gasteiger partial charge on any atom is 0.387 e. The number of hydrogen-bond acceptors (Lipinski definition) is 5. The number of aromatic nitrogens is 2. The number of carbonyl (C=O) groups excluding carboxylic acids is 2. The van der Waals surface area contributed by atoms with Crippen LogP contribution in [0.4, 0.5) is 14.5 Å². The predicted molar refractivity (Wildman–Crippen MR) is 84.9 cm³/mol. The van der Waals surface area contributed by atoms with Crippen LogP contribution in [0.1, 0.15) is 33.5 Å². The van der Waals surface area contributed by atoms with Gasteiger partial charge in [-0.05, 0) is 37.6 Å². The summed E-state index contributed by atoms with van der Waals surface area (Å²) < 4.78 is 34.8. The van der Waals surface area contributed by atoms with Crippen LogP contribution in [0, 0.1) is 6.92 Å². The smallest absolute Gasteiger partial charge is 0.387 e. The highest BCUT2D eigenvalue weighted by molar-refractivity contribution is 6.04. The zero-order valence-corrected chi connectivity index (χ0v) is 13.9. The summed E-state index contributed by atoms with van der Waals surface area (Å²) in [5.41, 5.74) is 1.12. The quantitative estimate of drug-likeness (QED) is 0.808. The maximum absolute atomic E-state index is 12.3. The van der Waals surface area contributed by atoms with Crippen molar-refractivity contribution in [1.29, 1.82) is 0 Å². The van der Waals surface area contributed by atoms with Gasteiger partial charge in [-0.3, -0.25) is 9.48 Å². The van der Waals surface area contributed by atoms with Gasteiger partial charge < -0.3 is 14.8 Å². The first-order chi connectivity index (χ1) is 11.8.